The first-order valence-electron chi connectivity index (χ1n) is 7.94. The maximum atomic E-state index is 11.8. The van der Waals surface area contributed by atoms with Crippen LogP contribution < -0.4 is 16.4 Å². The van der Waals surface area contributed by atoms with Crippen LogP contribution in [-0.2, 0) is 16.0 Å². The summed E-state index contributed by atoms with van der Waals surface area (Å²) in [5.74, 6) is -0.523. The Morgan fingerprint density at radius 1 is 1.29 bits per heavy atom. The number of H-pyrrole nitrogens is 1. The van der Waals surface area contributed by atoms with E-state index in [9.17, 15) is 9.59 Å². The maximum Gasteiger partial charge on any atom is 0.239 e. The first-order chi connectivity index (χ1) is 11.4. The number of carbonyl (C=O) groups excluding carboxylic acids is 2. The number of halogens is 1. The van der Waals surface area contributed by atoms with Crippen molar-refractivity contribution < 1.29 is 9.59 Å². The number of aromatic nitrogens is 1. The van der Waals surface area contributed by atoms with Gasteiger partial charge in [0.25, 0.3) is 0 Å². The van der Waals surface area contributed by atoms with Crippen LogP contribution in [0.5, 0.6) is 0 Å². The molecule has 0 aliphatic carbocycles. The maximum absolute atomic E-state index is 11.8. The second-order valence-electron chi connectivity index (χ2n) is 6.09. The van der Waals surface area contributed by atoms with Crippen molar-refractivity contribution in [2.75, 3.05) is 13.1 Å². The minimum absolute atomic E-state index is 0.0294. The molecule has 0 unspecified atom stereocenters. The molecule has 2 aromatic rings. The van der Waals surface area contributed by atoms with Crippen LogP contribution in [0.3, 0.4) is 0 Å². The van der Waals surface area contributed by atoms with E-state index in [1.54, 1.807) is 0 Å². The summed E-state index contributed by atoms with van der Waals surface area (Å²) in [6.45, 7) is 4.12. The van der Waals surface area contributed by atoms with E-state index in [-0.39, 0.29) is 24.3 Å². The number of nitrogens with two attached hydrogens (primary N) is 1. The van der Waals surface area contributed by atoms with Crippen LogP contribution in [0.15, 0.2) is 24.4 Å². The van der Waals surface area contributed by atoms with Gasteiger partial charge in [0.05, 0.1) is 12.6 Å². The number of amides is 2. The highest BCUT2D eigenvalue weighted by molar-refractivity contribution is 6.31. The molecule has 5 N–H and O–H groups in total. The van der Waals surface area contributed by atoms with Gasteiger partial charge in [-0.25, -0.2) is 0 Å². The predicted molar refractivity (Wildman–Crippen MR) is 95.8 cm³/mol. The van der Waals surface area contributed by atoms with Crippen LogP contribution >= 0.6 is 11.6 Å². The zero-order valence-electron chi connectivity index (χ0n) is 13.9. The first kappa shape index (κ1) is 18.3. The van der Waals surface area contributed by atoms with Crippen molar-refractivity contribution in [3.05, 3.63) is 35.0 Å². The second-order valence-corrected chi connectivity index (χ2v) is 6.53. The average Bonchev–Trinajstić information content (AvgIpc) is 2.94. The molecule has 1 aromatic carbocycles. The Bertz CT molecular complexity index is 726. The van der Waals surface area contributed by atoms with Gasteiger partial charge in [0, 0.05) is 28.7 Å². The monoisotopic (exact) mass is 350 g/mol. The Kier molecular flexibility index (Phi) is 6.23. The Morgan fingerprint density at radius 3 is 2.75 bits per heavy atom. The normalized spacial score (nSPS) is 12.4. The molecule has 0 radical (unpaired) electrons. The van der Waals surface area contributed by atoms with Gasteiger partial charge in [0.1, 0.15) is 0 Å². The molecule has 2 amide bonds. The molecule has 0 spiro atoms. The molecule has 1 atom stereocenters. The van der Waals surface area contributed by atoms with Crippen molar-refractivity contribution in [3.63, 3.8) is 0 Å². The molecule has 0 aliphatic heterocycles. The molecule has 6 nitrogen and oxygen atoms in total. The van der Waals surface area contributed by atoms with E-state index in [4.69, 9.17) is 17.3 Å². The number of fused-ring (bicyclic) bond motifs is 1. The molecule has 7 heteroatoms. The Balaban J connectivity index is 1.78. The highest BCUT2D eigenvalue weighted by atomic mass is 35.5. The summed E-state index contributed by atoms with van der Waals surface area (Å²) in [6.07, 6.45) is 2.59. The van der Waals surface area contributed by atoms with Crippen LogP contribution in [0, 0.1) is 5.92 Å². The molecule has 1 aromatic heterocycles. The van der Waals surface area contributed by atoms with E-state index in [2.05, 4.69) is 15.6 Å². The van der Waals surface area contributed by atoms with Gasteiger partial charge in [-0.1, -0.05) is 25.4 Å². The fourth-order valence-electron chi connectivity index (χ4n) is 2.34. The Morgan fingerprint density at radius 2 is 2.04 bits per heavy atom. The summed E-state index contributed by atoms with van der Waals surface area (Å²) in [5.41, 5.74) is 7.81. The fraction of sp³-hybridized carbons (Fsp3) is 0.412. The van der Waals surface area contributed by atoms with Crippen molar-refractivity contribution in [3.8, 4) is 0 Å². The first-order valence-corrected chi connectivity index (χ1v) is 8.31. The third-order valence-electron chi connectivity index (χ3n) is 3.89. The third-order valence-corrected chi connectivity index (χ3v) is 4.13. The number of nitrogens with one attached hydrogen (secondary N) is 3. The van der Waals surface area contributed by atoms with Crippen LogP contribution in [0.4, 0.5) is 0 Å². The summed E-state index contributed by atoms with van der Waals surface area (Å²) < 4.78 is 0. The lowest BCUT2D eigenvalue weighted by Gasteiger charge is -2.15. The van der Waals surface area contributed by atoms with Crippen molar-refractivity contribution in [1.29, 1.82) is 0 Å². The number of hydrogen-bond donors (Lipinski definition) is 4. The van der Waals surface area contributed by atoms with Gasteiger partial charge in [-0.3, -0.25) is 9.59 Å². The summed E-state index contributed by atoms with van der Waals surface area (Å²) >= 11 is 6.02. The minimum Gasteiger partial charge on any atom is -0.361 e. The summed E-state index contributed by atoms with van der Waals surface area (Å²) in [7, 11) is 0. The summed E-state index contributed by atoms with van der Waals surface area (Å²) in [4.78, 5) is 26.7. The van der Waals surface area contributed by atoms with Crippen molar-refractivity contribution in [1.82, 2.24) is 15.6 Å². The van der Waals surface area contributed by atoms with E-state index >= 15 is 0 Å². The summed E-state index contributed by atoms with van der Waals surface area (Å²) in [6, 6.07) is 5.05. The minimum atomic E-state index is -0.603. The van der Waals surface area contributed by atoms with Gasteiger partial charge in [-0.05, 0) is 36.1 Å². The van der Waals surface area contributed by atoms with Crippen LogP contribution in [0.25, 0.3) is 10.9 Å². The van der Waals surface area contributed by atoms with Crippen LogP contribution in [0.2, 0.25) is 5.02 Å². The zero-order chi connectivity index (χ0) is 17.7. The van der Waals surface area contributed by atoms with E-state index < -0.39 is 6.04 Å². The van der Waals surface area contributed by atoms with Gasteiger partial charge >= 0.3 is 0 Å². The van der Waals surface area contributed by atoms with E-state index in [0.29, 0.717) is 18.0 Å². The number of hydrogen-bond acceptors (Lipinski definition) is 3. The zero-order valence-corrected chi connectivity index (χ0v) is 14.6. The highest BCUT2D eigenvalue weighted by Crippen LogP contribution is 2.22. The molecular weight excluding hydrogens is 328 g/mol. The van der Waals surface area contributed by atoms with Gasteiger partial charge < -0.3 is 21.4 Å². The molecule has 130 valence electrons. The average molecular weight is 351 g/mol. The standard InChI is InChI=1S/C17H23ClN4O2/c1-10(2)16(19)17(24)22-9-15(23)20-6-5-11-8-21-14-4-3-12(18)7-13(11)14/h3-4,7-8,10,16,21H,5-6,9,19H2,1-2H3,(H,20,23)(H,22,24)/t16-/m0/s1. The molecule has 1 heterocycles. The Labute approximate surface area is 146 Å². The smallest absolute Gasteiger partial charge is 0.239 e. The number of benzene rings is 1. The van der Waals surface area contributed by atoms with E-state index in [1.807, 2.05) is 38.2 Å². The van der Waals surface area contributed by atoms with E-state index in [0.717, 1.165) is 16.5 Å². The van der Waals surface area contributed by atoms with Gasteiger partial charge in [0.15, 0.2) is 0 Å². The van der Waals surface area contributed by atoms with Crippen molar-refractivity contribution in [2.24, 2.45) is 11.7 Å². The summed E-state index contributed by atoms with van der Waals surface area (Å²) in [5, 5.41) is 7.05. The van der Waals surface area contributed by atoms with Gasteiger partial charge in [0.2, 0.25) is 11.8 Å². The molecule has 0 fully saturated rings. The molecule has 0 aliphatic rings. The van der Waals surface area contributed by atoms with Crippen LogP contribution in [0.1, 0.15) is 19.4 Å². The van der Waals surface area contributed by atoms with Crippen molar-refractivity contribution in [2.45, 2.75) is 26.3 Å². The molecular formula is C17H23ClN4O2. The molecule has 24 heavy (non-hydrogen) atoms. The van der Waals surface area contributed by atoms with E-state index in [1.165, 1.54) is 0 Å². The lowest BCUT2D eigenvalue weighted by molar-refractivity contribution is -0.127. The topological polar surface area (TPSA) is 100 Å². The quantitative estimate of drug-likeness (QED) is 0.610. The molecule has 2 rings (SSSR count). The van der Waals surface area contributed by atoms with Gasteiger partial charge in [-0.15, -0.1) is 0 Å². The largest absolute Gasteiger partial charge is 0.361 e. The number of aromatic amines is 1. The third kappa shape index (κ3) is 4.72. The van der Waals surface area contributed by atoms with Gasteiger partial charge in [-0.2, -0.15) is 0 Å². The van der Waals surface area contributed by atoms with Crippen molar-refractivity contribution >= 4 is 34.3 Å². The number of carbonyl (C=O) groups is 2. The molecule has 0 saturated carbocycles. The lowest BCUT2D eigenvalue weighted by atomic mass is 10.1. The Hall–Kier alpha value is -2.05. The number of rotatable bonds is 7. The fourth-order valence-corrected chi connectivity index (χ4v) is 2.52. The highest BCUT2D eigenvalue weighted by Gasteiger charge is 2.17. The van der Waals surface area contributed by atoms with Crippen LogP contribution in [-0.4, -0.2) is 35.9 Å². The predicted octanol–water partition coefficient (Wildman–Crippen LogP) is 1.58. The second kappa shape index (κ2) is 8.17. The lowest BCUT2D eigenvalue weighted by Crippen LogP contribution is -2.47. The molecule has 0 bridgehead atoms. The molecule has 0 saturated heterocycles. The SMILES string of the molecule is CC(C)[C@H](N)C(=O)NCC(=O)NCCc1c[nH]c2ccc(Cl)cc12.